The van der Waals surface area contributed by atoms with E-state index in [1.54, 1.807) is 11.8 Å². The van der Waals surface area contributed by atoms with Gasteiger partial charge in [0.1, 0.15) is 0 Å². The number of hydrogen-bond donors (Lipinski definition) is 0. The van der Waals surface area contributed by atoms with Gasteiger partial charge in [-0.25, -0.2) is 0 Å². The zero-order valence-electron chi connectivity index (χ0n) is 14.2. The molecule has 0 spiro atoms. The summed E-state index contributed by atoms with van der Waals surface area (Å²) in [5, 5.41) is 0. The quantitative estimate of drug-likeness (QED) is 0.858. The third-order valence-corrected chi connectivity index (χ3v) is 5.22. The first-order valence-corrected chi connectivity index (χ1v) is 8.83. The highest BCUT2D eigenvalue weighted by Crippen LogP contribution is 2.30. The van der Waals surface area contributed by atoms with Crippen LogP contribution in [0, 0.1) is 0 Å². The molecule has 3 rings (SSSR count). The Morgan fingerprint density at radius 1 is 1.22 bits per heavy atom. The highest BCUT2D eigenvalue weighted by Gasteiger charge is 2.27. The molecule has 2 amide bonds. The Balaban J connectivity index is 1.81. The minimum atomic E-state index is 0.0696. The van der Waals surface area contributed by atoms with Crippen molar-refractivity contribution in [2.24, 2.45) is 0 Å². The van der Waals surface area contributed by atoms with Crippen LogP contribution in [0.1, 0.15) is 61.9 Å². The molecule has 0 aromatic heterocycles. The number of benzene rings is 1. The molecule has 0 bridgehead atoms. The number of rotatable bonds is 3. The molecule has 0 saturated heterocycles. The maximum Gasteiger partial charge on any atom is 0.254 e. The molecular formula is C19H26N2O2. The van der Waals surface area contributed by atoms with E-state index >= 15 is 0 Å². The first-order valence-electron chi connectivity index (χ1n) is 8.83. The molecule has 1 heterocycles. The van der Waals surface area contributed by atoms with Gasteiger partial charge < -0.3 is 9.80 Å². The van der Waals surface area contributed by atoms with Gasteiger partial charge in [0.2, 0.25) is 5.91 Å². The molecule has 0 N–H and O–H groups in total. The summed E-state index contributed by atoms with van der Waals surface area (Å²) in [6, 6.07) is 6.20. The highest BCUT2D eigenvalue weighted by molar-refractivity contribution is 5.98. The van der Waals surface area contributed by atoms with E-state index in [0.29, 0.717) is 6.04 Å². The maximum atomic E-state index is 12.9. The molecule has 1 aliphatic heterocycles. The fourth-order valence-electron chi connectivity index (χ4n) is 3.99. The van der Waals surface area contributed by atoms with E-state index in [4.69, 9.17) is 0 Å². The molecular weight excluding hydrogens is 288 g/mol. The summed E-state index contributed by atoms with van der Waals surface area (Å²) in [7, 11) is 0. The third-order valence-electron chi connectivity index (χ3n) is 5.22. The molecule has 1 aliphatic carbocycles. The zero-order valence-corrected chi connectivity index (χ0v) is 14.2. The smallest absolute Gasteiger partial charge is 0.254 e. The number of anilines is 1. The molecule has 0 atom stereocenters. The molecule has 0 radical (unpaired) electrons. The van der Waals surface area contributed by atoms with Crippen LogP contribution < -0.4 is 4.90 Å². The van der Waals surface area contributed by atoms with Gasteiger partial charge in [-0.2, -0.15) is 0 Å². The summed E-state index contributed by atoms with van der Waals surface area (Å²) in [4.78, 5) is 28.4. The molecule has 23 heavy (non-hydrogen) atoms. The fourth-order valence-corrected chi connectivity index (χ4v) is 3.99. The summed E-state index contributed by atoms with van der Waals surface area (Å²) in [5.41, 5.74) is 2.85. The van der Waals surface area contributed by atoms with Crippen LogP contribution in [0.25, 0.3) is 0 Å². The van der Waals surface area contributed by atoms with Crippen LogP contribution in [0.4, 0.5) is 5.69 Å². The van der Waals surface area contributed by atoms with Gasteiger partial charge in [-0.3, -0.25) is 9.59 Å². The average molecular weight is 314 g/mol. The van der Waals surface area contributed by atoms with Crippen LogP contribution in [-0.2, 0) is 11.2 Å². The van der Waals surface area contributed by atoms with Crippen LogP contribution in [0.2, 0.25) is 0 Å². The average Bonchev–Trinajstić information content (AvgIpc) is 2.99. The summed E-state index contributed by atoms with van der Waals surface area (Å²) in [5.74, 6) is 0.212. The van der Waals surface area contributed by atoms with Crippen LogP contribution >= 0.6 is 0 Å². The monoisotopic (exact) mass is 314 g/mol. The van der Waals surface area contributed by atoms with E-state index in [0.717, 1.165) is 49.2 Å². The van der Waals surface area contributed by atoms with Gasteiger partial charge in [-0.15, -0.1) is 0 Å². The molecule has 1 aromatic carbocycles. The van der Waals surface area contributed by atoms with Crippen molar-refractivity contribution in [3.63, 3.8) is 0 Å². The van der Waals surface area contributed by atoms with Gasteiger partial charge in [-0.1, -0.05) is 19.3 Å². The minimum absolute atomic E-state index is 0.0696. The number of hydrogen-bond acceptors (Lipinski definition) is 2. The number of amides is 2. The number of fused-ring (bicyclic) bond motifs is 1. The second kappa shape index (κ2) is 6.73. The Morgan fingerprint density at radius 2 is 1.96 bits per heavy atom. The Morgan fingerprint density at radius 3 is 2.61 bits per heavy atom. The maximum absolute atomic E-state index is 12.9. The van der Waals surface area contributed by atoms with Crippen molar-refractivity contribution < 1.29 is 9.59 Å². The van der Waals surface area contributed by atoms with Gasteiger partial charge in [-0.05, 0) is 49.9 Å². The Kier molecular flexibility index (Phi) is 4.69. The molecule has 0 unspecified atom stereocenters. The SMILES string of the molecule is CCN(C(=O)c1ccc2c(c1)CCN2C(C)=O)C1CCCCC1. The van der Waals surface area contributed by atoms with Crippen molar-refractivity contribution in [3.8, 4) is 0 Å². The first-order chi connectivity index (χ1) is 11.1. The largest absolute Gasteiger partial charge is 0.336 e. The van der Waals surface area contributed by atoms with E-state index < -0.39 is 0 Å². The van der Waals surface area contributed by atoms with Crippen LogP contribution in [-0.4, -0.2) is 35.8 Å². The lowest BCUT2D eigenvalue weighted by atomic mass is 9.93. The minimum Gasteiger partial charge on any atom is -0.336 e. The van der Waals surface area contributed by atoms with Gasteiger partial charge in [0, 0.05) is 37.3 Å². The van der Waals surface area contributed by atoms with E-state index in [1.165, 1.54) is 19.3 Å². The summed E-state index contributed by atoms with van der Waals surface area (Å²) >= 11 is 0. The zero-order chi connectivity index (χ0) is 16.4. The van der Waals surface area contributed by atoms with Crippen LogP contribution in [0.15, 0.2) is 18.2 Å². The predicted molar refractivity (Wildman–Crippen MR) is 91.8 cm³/mol. The second-order valence-corrected chi connectivity index (χ2v) is 6.65. The lowest BCUT2D eigenvalue weighted by molar-refractivity contribution is -0.116. The molecule has 4 nitrogen and oxygen atoms in total. The molecule has 1 saturated carbocycles. The van der Waals surface area contributed by atoms with Crippen molar-refractivity contribution in [3.05, 3.63) is 29.3 Å². The highest BCUT2D eigenvalue weighted by atomic mass is 16.2. The predicted octanol–water partition coefficient (Wildman–Crippen LogP) is 3.39. The molecule has 1 aromatic rings. The van der Waals surface area contributed by atoms with Crippen molar-refractivity contribution >= 4 is 17.5 Å². The third kappa shape index (κ3) is 3.12. The van der Waals surface area contributed by atoms with Gasteiger partial charge in [0.05, 0.1) is 0 Å². The summed E-state index contributed by atoms with van der Waals surface area (Å²) in [6.45, 7) is 5.15. The van der Waals surface area contributed by atoms with E-state index in [1.807, 2.05) is 23.1 Å². The first kappa shape index (κ1) is 16.0. The molecule has 1 fully saturated rings. The molecule has 124 valence electrons. The Labute approximate surface area is 138 Å². The number of nitrogens with zero attached hydrogens (tertiary/aromatic N) is 2. The van der Waals surface area contributed by atoms with Crippen molar-refractivity contribution in [2.45, 2.75) is 58.4 Å². The molecule has 4 heteroatoms. The summed E-state index contributed by atoms with van der Waals surface area (Å²) < 4.78 is 0. The van der Waals surface area contributed by atoms with Gasteiger partial charge >= 0.3 is 0 Å². The second-order valence-electron chi connectivity index (χ2n) is 6.65. The number of carbonyl (C=O) groups excluding carboxylic acids is 2. The van der Waals surface area contributed by atoms with Crippen LogP contribution in [0.3, 0.4) is 0 Å². The van der Waals surface area contributed by atoms with Crippen molar-refractivity contribution in [2.75, 3.05) is 18.0 Å². The topological polar surface area (TPSA) is 40.6 Å². The van der Waals surface area contributed by atoms with Crippen LogP contribution in [0.5, 0.6) is 0 Å². The molecule has 2 aliphatic rings. The Bertz CT molecular complexity index is 605. The normalized spacial score (nSPS) is 17.9. The lowest BCUT2D eigenvalue weighted by Crippen LogP contribution is -2.41. The lowest BCUT2D eigenvalue weighted by Gasteiger charge is -2.33. The van der Waals surface area contributed by atoms with Crippen molar-refractivity contribution in [1.29, 1.82) is 0 Å². The van der Waals surface area contributed by atoms with Gasteiger partial charge in [0.25, 0.3) is 5.91 Å². The van der Waals surface area contributed by atoms with Gasteiger partial charge in [0.15, 0.2) is 0 Å². The van der Waals surface area contributed by atoms with E-state index in [2.05, 4.69) is 6.92 Å². The van der Waals surface area contributed by atoms with E-state index in [-0.39, 0.29) is 11.8 Å². The summed E-state index contributed by atoms with van der Waals surface area (Å²) in [6.07, 6.45) is 6.84. The van der Waals surface area contributed by atoms with Crippen molar-refractivity contribution in [1.82, 2.24) is 4.90 Å². The Hall–Kier alpha value is -1.84. The number of carbonyl (C=O) groups is 2. The van der Waals surface area contributed by atoms with E-state index in [9.17, 15) is 9.59 Å². The fraction of sp³-hybridized carbons (Fsp3) is 0.579. The standard InChI is InChI=1S/C19H26N2O2/c1-3-20(17-7-5-4-6-8-17)19(23)16-9-10-18-15(13-16)11-12-21(18)14(2)22/h9-10,13,17H,3-8,11-12H2,1-2H3.